The fraction of sp³-hybridized carbons (Fsp3) is 0.353. The van der Waals surface area contributed by atoms with Crippen LogP contribution in [0.5, 0.6) is 17.5 Å². The highest BCUT2D eigenvalue weighted by Gasteiger charge is 2.10. The first-order valence-corrected chi connectivity index (χ1v) is 7.28. The van der Waals surface area contributed by atoms with Crippen molar-refractivity contribution in [3.05, 3.63) is 42.0 Å². The molecule has 0 aliphatic heterocycles. The van der Waals surface area contributed by atoms with Crippen molar-refractivity contribution in [2.45, 2.75) is 33.1 Å². The van der Waals surface area contributed by atoms with Gasteiger partial charge in [0.1, 0.15) is 5.75 Å². The Balaban J connectivity index is 2.24. The maximum Gasteiger partial charge on any atom is 0.240 e. The maximum atomic E-state index is 5.90. The van der Waals surface area contributed by atoms with Crippen LogP contribution in [0.15, 0.2) is 36.4 Å². The average molecular weight is 286 g/mol. The number of ether oxygens (including phenoxy) is 2. The second-order valence-corrected chi connectivity index (χ2v) is 5.19. The van der Waals surface area contributed by atoms with Gasteiger partial charge in [-0.15, -0.1) is 0 Å². The molecule has 2 aromatic rings. The van der Waals surface area contributed by atoms with Gasteiger partial charge in [0.2, 0.25) is 11.8 Å². The number of nitrogens with two attached hydrogens (primary N) is 1. The lowest BCUT2D eigenvalue weighted by Crippen LogP contribution is -2.02. The Morgan fingerprint density at radius 3 is 2.62 bits per heavy atom. The summed E-state index contributed by atoms with van der Waals surface area (Å²) in [5, 5.41) is 0. The minimum Gasteiger partial charge on any atom is -0.476 e. The maximum absolute atomic E-state index is 5.90. The van der Waals surface area contributed by atoms with Crippen molar-refractivity contribution in [2.75, 3.05) is 12.3 Å². The van der Waals surface area contributed by atoms with Gasteiger partial charge in [0, 0.05) is 6.07 Å². The number of hydrogen-bond donors (Lipinski definition) is 1. The third-order valence-corrected chi connectivity index (χ3v) is 3.06. The molecular weight excluding hydrogens is 264 g/mol. The molecule has 0 unspecified atom stereocenters. The predicted molar refractivity (Wildman–Crippen MR) is 85.0 cm³/mol. The number of rotatable bonds is 6. The third kappa shape index (κ3) is 3.88. The highest BCUT2D eigenvalue weighted by molar-refractivity contribution is 5.50. The van der Waals surface area contributed by atoms with Crippen molar-refractivity contribution < 1.29 is 9.47 Å². The smallest absolute Gasteiger partial charge is 0.240 e. The highest BCUT2D eigenvalue weighted by atomic mass is 16.5. The van der Waals surface area contributed by atoms with Crippen molar-refractivity contribution in [3.63, 3.8) is 0 Å². The molecule has 0 atom stereocenters. The lowest BCUT2D eigenvalue weighted by Gasteiger charge is -2.14. The van der Waals surface area contributed by atoms with Gasteiger partial charge in [-0.2, -0.15) is 4.98 Å². The van der Waals surface area contributed by atoms with Gasteiger partial charge in [0.25, 0.3) is 0 Å². The Bertz CT molecular complexity index is 597. The fourth-order valence-corrected chi connectivity index (χ4v) is 1.97. The molecular formula is C17H22N2O2. The molecule has 1 aromatic carbocycles. The molecule has 0 saturated carbocycles. The van der Waals surface area contributed by atoms with Gasteiger partial charge >= 0.3 is 0 Å². The number of benzene rings is 1. The van der Waals surface area contributed by atoms with Crippen molar-refractivity contribution >= 4 is 5.69 Å². The van der Waals surface area contributed by atoms with Crippen LogP contribution in [0.2, 0.25) is 0 Å². The van der Waals surface area contributed by atoms with Crippen LogP contribution in [0.3, 0.4) is 0 Å². The highest BCUT2D eigenvalue weighted by Crippen LogP contribution is 2.31. The van der Waals surface area contributed by atoms with Crippen molar-refractivity contribution in [1.82, 2.24) is 4.98 Å². The van der Waals surface area contributed by atoms with Gasteiger partial charge < -0.3 is 15.2 Å². The van der Waals surface area contributed by atoms with E-state index in [4.69, 9.17) is 15.2 Å². The fourth-order valence-electron chi connectivity index (χ4n) is 1.97. The van der Waals surface area contributed by atoms with Crippen molar-refractivity contribution in [1.29, 1.82) is 0 Å². The Morgan fingerprint density at radius 2 is 1.90 bits per heavy atom. The molecule has 2 N–H and O–H groups in total. The normalized spacial score (nSPS) is 10.7. The largest absolute Gasteiger partial charge is 0.476 e. The molecule has 0 bridgehead atoms. The van der Waals surface area contributed by atoms with Crippen molar-refractivity contribution in [2.24, 2.45) is 0 Å². The Kier molecular flexibility index (Phi) is 5.04. The van der Waals surface area contributed by atoms with E-state index in [0.29, 0.717) is 30.0 Å². The Labute approximate surface area is 125 Å². The summed E-state index contributed by atoms with van der Waals surface area (Å²) in [6.07, 6.45) is 0.905. The van der Waals surface area contributed by atoms with E-state index in [0.717, 1.165) is 17.7 Å². The zero-order valence-electron chi connectivity index (χ0n) is 12.8. The predicted octanol–water partition coefficient (Wildman–Crippen LogP) is 4.37. The van der Waals surface area contributed by atoms with Gasteiger partial charge in [0.05, 0.1) is 12.3 Å². The summed E-state index contributed by atoms with van der Waals surface area (Å²) in [5.74, 6) is 2.11. The zero-order valence-corrected chi connectivity index (χ0v) is 12.8. The number of anilines is 1. The molecule has 112 valence electrons. The summed E-state index contributed by atoms with van der Waals surface area (Å²) in [5.41, 5.74) is 7.53. The van der Waals surface area contributed by atoms with Gasteiger partial charge in [-0.25, -0.2) is 0 Å². The number of hydrogen-bond acceptors (Lipinski definition) is 4. The molecule has 0 aliphatic rings. The molecule has 0 radical (unpaired) electrons. The average Bonchev–Trinajstić information content (AvgIpc) is 2.48. The molecule has 0 fully saturated rings. The van der Waals surface area contributed by atoms with Crippen LogP contribution >= 0.6 is 0 Å². The molecule has 0 amide bonds. The molecule has 0 spiro atoms. The van der Waals surface area contributed by atoms with E-state index < -0.39 is 0 Å². The van der Waals surface area contributed by atoms with Crippen LogP contribution in [0.4, 0.5) is 5.69 Å². The number of nitrogens with zero attached hydrogens (tertiary/aromatic N) is 1. The van der Waals surface area contributed by atoms with Crippen LogP contribution < -0.4 is 15.2 Å². The first kappa shape index (κ1) is 15.2. The topological polar surface area (TPSA) is 57.4 Å². The second kappa shape index (κ2) is 6.97. The number of aromatic nitrogens is 1. The quantitative estimate of drug-likeness (QED) is 0.856. The van der Waals surface area contributed by atoms with Gasteiger partial charge in [-0.3, -0.25) is 0 Å². The van der Waals surface area contributed by atoms with Crippen LogP contribution in [0.1, 0.15) is 38.7 Å². The second-order valence-electron chi connectivity index (χ2n) is 5.19. The number of para-hydroxylation sites is 1. The molecule has 1 heterocycles. The molecule has 0 aliphatic carbocycles. The summed E-state index contributed by atoms with van der Waals surface area (Å²) in [4.78, 5) is 4.34. The number of pyridine rings is 1. The Hall–Kier alpha value is -2.23. The van der Waals surface area contributed by atoms with Crippen LogP contribution in [0, 0.1) is 0 Å². The van der Waals surface area contributed by atoms with E-state index in [2.05, 4.69) is 24.9 Å². The summed E-state index contributed by atoms with van der Waals surface area (Å²) in [6.45, 7) is 6.89. The van der Waals surface area contributed by atoms with E-state index in [1.807, 2.05) is 25.1 Å². The lowest BCUT2D eigenvalue weighted by molar-refractivity contribution is 0.302. The van der Waals surface area contributed by atoms with Crippen LogP contribution in [-0.2, 0) is 0 Å². The summed E-state index contributed by atoms with van der Waals surface area (Å²) in [7, 11) is 0. The minimum atomic E-state index is 0.380. The van der Waals surface area contributed by atoms with Gasteiger partial charge in [-0.05, 0) is 30.0 Å². The van der Waals surface area contributed by atoms with Crippen molar-refractivity contribution in [3.8, 4) is 17.5 Å². The van der Waals surface area contributed by atoms with E-state index in [1.54, 1.807) is 12.1 Å². The first-order chi connectivity index (χ1) is 10.1. The van der Waals surface area contributed by atoms with E-state index >= 15 is 0 Å². The SMILES string of the molecule is CCCOc1nc(Oc2ccccc2C(C)C)ccc1N. The van der Waals surface area contributed by atoms with Gasteiger partial charge in [-0.1, -0.05) is 39.0 Å². The monoisotopic (exact) mass is 286 g/mol. The first-order valence-electron chi connectivity index (χ1n) is 7.28. The standard InChI is InChI=1S/C17H22N2O2/c1-4-11-20-17-14(18)9-10-16(19-17)21-15-8-6-5-7-13(15)12(2)3/h5-10,12H,4,11,18H2,1-3H3. The minimum absolute atomic E-state index is 0.380. The number of nitrogen functional groups attached to an aromatic ring is 1. The molecule has 0 saturated heterocycles. The van der Waals surface area contributed by atoms with Crippen LogP contribution in [-0.4, -0.2) is 11.6 Å². The molecule has 21 heavy (non-hydrogen) atoms. The third-order valence-electron chi connectivity index (χ3n) is 3.06. The molecule has 4 heteroatoms. The Morgan fingerprint density at radius 1 is 1.14 bits per heavy atom. The summed E-state index contributed by atoms with van der Waals surface area (Å²) >= 11 is 0. The molecule has 2 rings (SSSR count). The van der Waals surface area contributed by atoms with Crippen LogP contribution in [0.25, 0.3) is 0 Å². The van der Waals surface area contributed by atoms with Gasteiger partial charge in [0.15, 0.2) is 0 Å². The van der Waals surface area contributed by atoms with E-state index in [-0.39, 0.29) is 0 Å². The molecule has 1 aromatic heterocycles. The van der Waals surface area contributed by atoms with E-state index in [1.165, 1.54) is 0 Å². The zero-order chi connectivity index (χ0) is 15.2. The summed E-state index contributed by atoms with van der Waals surface area (Å²) in [6, 6.07) is 11.5. The van der Waals surface area contributed by atoms with E-state index in [9.17, 15) is 0 Å². The lowest BCUT2D eigenvalue weighted by atomic mass is 10.0. The summed E-state index contributed by atoms with van der Waals surface area (Å²) < 4.78 is 11.4. The molecule has 4 nitrogen and oxygen atoms in total.